The molecule has 2 aliphatic rings. The molecular weight excluding hydrogens is 416 g/mol. The van der Waals surface area contributed by atoms with Crippen molar-refractivity contribution in [3.8, 4) is 0 Å². The van der Waals surface area contributed by atoms with E-state index < -0.39 is 11.6 Å². The van der Waals surface area contributed by atoms with E-state index in [-0.39, 0.29) is 29.8 Å². The van der Waals surface area contributed by atoms with Gasteiger partial charge in [0, 0.05) is 11.6 Å². The van der Waals surface area contributed by atoms with Gasteiger partial charge in [-0.3, -0.25) is 14.5 Å². The van der Waals surface area contributed by atoms with Gasteiger partial charge in [0.2, 0.25) is 5.91 Å². The van der Waals surface area contributed by atoms with Gasteiger partial charge in [-0.15, -0.1) is 0 Å². The third-order valence-corrected chi connectivity index (χ3v) is 6.65. The van der Waals surface area contributed by atoms with Gasteiger partial charge in [-0.05, 0) is 56.3 Å². The Bertz CT molecular complexity index is 872. The summed E-state index contributed by atoms with van der Waals surface area (Å²) in [6, 6.07) is 6.88. The van der Waals surface area contributed by atoms with Crippen LogP contribution in [0.1, 0.15) is 51.6 Å². The van der Waals surface area contributed by atoms with Crippen LogP contribution < -0.4 is 10.6 Å². The van der Waals surface area contributed by atoms with Gasteiger partial charge in [0.15, 0.2) is 0 Å². The zero-order valence-electron chi connectivity index (χ0n) is 19.0. The summed E-state index contributed by atoms with van der Waals surface area (Å²) in [7, 11) is 3.82. The zero-order valence-corrected chi connectivity index (χ0v) is 19.8. The summed E-state index contributed by atoms with van der Waals surface area (Å²) in [6.45, 7) is 6.37. The molecule has 3 unspecified atom stereocenters. The van der Waals surface area contributed by atoms with Gasteiger partial charge in [0.1, 0.15) is 12.1 Å². The molecule has 1 heterocycles. The number of carbonyl (C=O) groups is 3. The number of nitrogens with one attached hydrogen (secondary N) is 2. The second kappa shape index (κ2) is 8.79. The molecule has 31 heavy (non-hydrogen) atoms. The molecule has 0 radical (unpaired) electrons. The Balaban J connectivity index is 1.66. The number of hydrogen-bond acceptors (Lipinski definition) is 4. The molecule has 2 N–H and O–H groups in total. The number of benzene rings is 1. The molecule has 0 aromatic heterocycles. The monoisotopic (exact) mass is 448 g/mol. The van der Waals surface area contributed by atoms with Crippen molar-refractivity contribution in [3.63, 3.8) is 0 Å². The Morgan fingerprint density at radius 2 is 1.97 bits per heavy atom. The molecule has 4 amide bonds. The maximum Gasteiger partial charge on any atom is 0.325 e. The van der Waals surface area contributed by atoms with Gasteiger partial charge in [-0.25, -0.2) is 4.79 Å². The molecule has 1 aliphatic carbocycles. The maximum atomic E-state index is 13.2. The normalized spacial score (nSPS) is 26.3. The fourth-order valence-corrected chi connectivity index (χ4v) is 5.64. The lowest BCUT2D eigenvalue weighted by Gasteiger charge is -2.43. The number of amides is 4. The van der Waals surface area contributed by atoms with Crippen LogP contribution in [0.2, 0.25) is 5.02 Å². The summed E-state index contributed by atoms with van der Waals surface area (Å²) in [5.74, 6) is -0.344. The van der Waals surface area contributed by atoms with Crippen molar-refractivity contribution in [1.82, 2.24) is 20.4 Å². The van der Waals surface area contributed by atoms with Gasteiger partial charge < -0.3 is 15.5 Å². The Morgan fingerprint density at radius 3 is 2.58 bits per heavy atom. The third-order valence-electron chi connectivity index (χ3n) is 6.31. The topological polar surface area (TPSA) is 81.8 Å². The molecule has 1 saturated carbocycles. The summed E-state index contributed by atoms with van der Waals surface area (Å²) < 4.78 is 0. The lowest BCUT2D eigenvalue weighted by molar-refractivity contribution is -0.137. The van der Waals surface area contributed by atoms with E-state index in [1.807, 2.05) is 43.3 Å². The molecule has 7 nitrogen and oxygen atoms in total. The molecule has 3 rings (SSSR count). The highest BCUT2D eigenvalue weighted by Crippen LogP contribution is 2.46. The quantitative estimate of drug-likeness (QED) is 0.655. The van der Waals surface area contributed by atoms with E-state index in [9.17, 15) is 14.4 Å². The van der Waals surface area contributed by atoms with E-state index >= 15 is 0 Å². The number of likely N-dealkylation sites (N-methyl/N-ethyl adjacent to an activating group) is 1. The minimum absolute atomic E-state index is 0.0488. The van der Waals surface area contributed by atoms with Crippen molar-refractivity contribution in [2.75, 3.05) is 27.2 Å². The number of urea groups is 1. The van der Waals surface area contributed by atoms with Crippen LogP contribution in [0, 0.1) is 11.3 Å². The van der Waals surface area contributed by atoms with Crippen LogP contribution in [-0.4, -0.2) is 60.4 Å². The van der Waals surface area contributed by atoms with Crippen molar-refractivity contribution >= 4 is 29.4 Å². The van der Waals surface area contributed by atoms with E-state index in [0.29, 0.717) is 30.3 Å². The molecular formula is C23H33ClN4O3. The van der Waals surface area contributed by atoms with Crippen molar-refractivity contribution in [1.29, 1.82) is 0 Å². The van der Waals surface area contributed by atoms with Crippen molar-refractivity contribution in [3.05, 3.63) is 34.9 Å². The predicted molar refractivity (Wildman–Crippen MR) is 121 cm³/mol. The number of imide groups is 1. The number of hydrogen-bond donors (Lipinski definition) is 2. The summed E-state index contributed by atoms with van der Waals surface area (Å²) >= 11 is 6.33. The fourth-order valence-electron chi connectivity index (χ4n) is 5.38. The third kappa shape index (κ3) is 5.04. The standard InChI is InChI=1S/C23H33ClN4O3/c1-15-10-22(2,3)14-23(11-15)20(30)28(21(31)26-23)13-19(29)25-12-18(27(4)5)16-8-6-7-9-17(16)24/h6-9,15,18H,10-14H2,1-5H3,(H,25,29)(H,26,31). The van der Waals surface area contributed by atoms with Gasteiger partial charge in [-0.1, -0.05) is 50.6 Å². The molecule has 1 aromatic rings. The van der Waals surface area contributed by atoms with Crippen LogP contribution >= 0.6 is 11.6 Å². The number of rotatable bonds is 6. The highest BCUT2D eigenvalue weighted by Gasteiger charge is 2.56. The van der Waals surface area contributed by atoms with Gasteiger partial charge in [-0.2, -0.15) is 0 Å². The van der Waals surface area contributed by atoms with E-state index in [4.69, 9.17) is 11.6 Å². The summed E-state index contributed by atoms with van der Waals surface area (Å²) in [6.07, 6.45) is 2.20. The van der Waals surface area contributed by atoms with E-state index in [1.54, 1.807) is 0 Å². The second-order valence-corrected chi connectivity index (χ2v) is 10.5. The van der Waals surface area contributed by atoms with E-state index in [1.165, 1.54) is 0 Å². The highest BCUT2D eigenvalue weighted by molar-refractivity contribution is 6.31. The Kier molecular flexibility index (Phi) is 6.67. The van der Waals surface area contributed by atoms with Crippen molar-refractivity contribution in [2.45, 2.75) is 51.6 Å². The number of halogens is 1. The number of carbonyl (C=O) groups excluding carboxylic acids is 3. The average Bonchev–Trinajstić information content (AvgIpc) is 2.84. The molecule has 1 saturated heterocycles. The van der Waals surface area contributed by atoms with Gasteiger partial charge in [0.05, 0.1) is 6.04 Å². The minimum Gasteiger partial charge on any atom is -0.353 e. The highest BCUT2D eigenvalue weighted by atomic mass is 35.5. The average molecular weight is 449 g/mol. The summed E-state index contributed by atoms with van der Waals surface area (Å²) in [5, 5.41) is 6.40. The van der Waals surface area contributed by atoms with E-state index in [2.05, 4.69) is 31.4 Å². The number of nitrogens with zero attached hydrogens (tertiary/aromatic N) is 2. The van der Waals surface area contributed by atoms with Crippen LogP contribution in [0.15, 0.2) is 24.3 Å². The van der Waals surface area contributed by atoms with Crippen LogP contribution in [0.3, 0.4) is 0 Å². The van der Waals surface area contributed by atoms with Crippen molar-refractivity contribution < 1.29 is 14.4 Å². The zero-order chi connectivity index (χ0) is 23.0. The predicted octanol–water partition coefficient (Wildman–Crippen LogP) is 3.20. The minimum atomic E-state index is -0.901. The van der Waals surface area contributed by atoms with Crippen LogP contribution in [-0.2, 0) is 9.59 Å². The van der Waals surface area contributed by atoms with Crippen LogP contribution in [0.4, 0.5) is 4.79 Å². The van der Waals surface area contributed by atoms with E-state index in [0.717, 1.165) is 16.9 Å². The first-order valence-corrected chi connectivity index (χ1v) is 11.1. The van der Waals surface area contributed by atoms with Crippen LogP contribution in [0.5, 0.6) is 0 Å². The summed E-state index contributed by atoms with van der Waals surface area (Å²) in [4.78, 5) is 41.5. The first-order valence-electron chi connectivity index (χ1n) is 10.8. The smallest absolute Gasteiger partial charge is 0.325 e. The molecule has 8 heteroatoms. The molecule has 170 valence electrons. The SMILES string of the molecule is CC1CC(C)(C)CC2(C1)NC(=O)N(CC(=O)NCC(c1ccccc1Cl)N(C)C)C2=O. The molecule has 2 fully saturated rings. The van der Waals surface area contributed by atoms with Crippen molar-refractivity contribution in [2.24, 2.45) is 11.3 Å². The molecule has 1 aromatic carbocycles. The first-order chi connectivity index (χ1) is 14.4. The maximum absolute atomic E-state index is 13.2. The molecule has 1 aliphatic heterocycles. The van der Waals surface area contributed by atoms with Gasteiger partial charge in [0.25, 0.3) is 5.91 Å². The summed E-state index contributed by atoms with van der Waals surface area (Å²) in [5.41, 5.74) is -0.0449. The first kappa shape index (κ1) is 23.5. The Morgan fingerprint density at radius 1 is 1.29 bits per heavy atom. The lowest BCUT2D eigenvalue weighted by Crippen LogP contribution is -2.54. The van der Waals surface area contributed by atoms with Gasteiger partial charge >= 0.3 is 6.03 Å². The largest absolute Gasteiger partial charge is 0.353 e. The Labute approximate surface area is 189 Å². The molecule has 3 atom stereocenters. The Hall–Kier alpha value is -2.12. The molecule has 0 bridgehead atoms. The van der Waals surface area contributed by atoms with Crippen LogP contribution in [0.25, 0.3) is 0 Å². The molecule has 1 spiro atoms. The second-order valence-electron chi connectivity index (χ2n) is 10.1. The lowest BCUT2D eigenvalue weighted by atomic mass is 9.64. The fraction of sp³-hybridized carbons (Fsp3) is 0.609.